The summed E-state index contributed by atoms with van der Waals surface area (Å²) in [6.45, 7) is 1.57. The van der Waals surface area contributed by atoms with Gasteiger partial charge in [0, 0.05) is 0 Å². The van der Waals surface area contributed by atoms with Crippen LogP contribution in [0.25, 0.3) is 0 Å². The van der Waals surface area contributed by atoms with Gasteiger partial charge in [-0.25, -0.2) is 0 Å². The molecule has 0 aromatic carbocycles. The van der Waals surface area contributed by atoms with E-state index in [1.165, 1.54) is 0 Å². The van der Waals surface area contributed by atoms with Gasteiger partial charge in [-0.3, -0.25) is 9.98 Å². The summed E-state index contributed by atoms with van der Waals surface area (Å²) in [4.78, 5) is 8.19. The van der Waals surface area contributed by atoms with Crippen LogP contribution >= 0.6 is 0 Å². The molecule has 124 valence electrons. The number of aliphatic hydroxyl groups is 2. The third-order valence-electron chi connectivity index (χ3n) is 2.74. The average Bonchev–Trinajstić information content (AvgIpc) is 2.25. The fourth-order valence-electron chi connectivity index (χ4n) is 1.46. The van der Waals surface area contributed by atoms with Crippen molar-refractivity contribution in [2.75, 3.05) is 55.4 Å². The standard InChI is InChI=1S/C15H34N4O2/c1-18(2,3)12-10-16-14(20)8-7-9-15(21)17-11-13-19(4,5)6/h10-11,14-15,20-21H,7-9,12-13H2,1-6H3/q+2/b16-10+,17-11+. The maximum absolute atomic E-state index is 9.71. The molecule has 0 radical (unpaired) electrons. The van der Waals surface area contributed by atoms with Crippen LogP contribution in [0.1, 0.15) is 19.3 Å². The smallest absolute Gasteiger partial charge is 0.144 e. The van der Waals surface area contributed by atoms with Crippen LogP contribution in [-0.2, 0) is 0 Å². The van der Waals surface area contributed by atoms with Crippen molar-refractivity contribution in [1.82, 2.24) is 0 Å². The summed E-state index contributed by atoms with van der Waals surface area (Å²) >= 11 is 0. The van der Waals surface area contributed by atoms with Crippen LogP contribution in [-0.4, -0.2) is 99.4 Å². The van der Waals surface area contributed by atoms with Crippen molar-refractivity contribution < 1.29 is 19.2 Å². The summed E-state index contributed by atoms with van der Waals surface area (Å²) in [6.07, 6.45) is 3.97. The highest BCUT2D eigenvalue weighted by Crippen LogP contribution is 2.06. The highest BCUT2D eigenvalue weighted by atomic mass is 16.3. The van der Waals surface area contributed by atoms with Gasteiger partial charge in [0.1, 0.15) is 25.5 Å². The van der Waals surface area contributed by atoms with Crippen LogP contribution in [0.2, 0.25) is 0 Å². The molecule has 0 spiro atoms. The maximum Gasteiger partial charge on any atom is 0.144 e. The van der Waals surface area contributed by atoms with Gasteiger partial charge in [-0.05, 0) is 19.3 Å². The molecule has 0 aliphatic rings. The van der Waals surface area contributed by atoms with Gasteiger partial charge in [-0.15, -0.1) is 0 Å². The van der Waals surface area contributed by atoms with Gasteiger partial charge >= 0.3 is 0 Å². The summed E-state index contributed by atoms with van der Waals surface area (Å²) in [5.41, 5.74) is 0. The number of hydrogen-bond donors (Lipinski definition) is 2. The zero-order valence-electron chi connectivity index (χ0n) is 14.5. The molecule has 2 N–H and O–H groups in total. The first-order valence-corrected chi connectivity index (χ1v) is 7.50. The molecule has 21 heavy (non-hydrogen) atoms. The van der Waals surface area contributed by atoms with Crippen LogP contribution < -0.4 is 0 Å². The van der Waals surface area contributed by atoms with Crippen molar-refractivity contribution in [3.05, 3.63) is 0 Å². The van der Waals surface area contributed by atoms with Crippen molar-refractivity contribution in [3.8, 4) is 0 Å². The minimum absolute atomic E-state index is 0.551. The van der Waals surface area contributed by atoms with Crippen molar-refractivity contribution in [3.63, 3.8) is 0 Å². The van der Waals surface area contributed by atoms with E-state index in [1.807, 2.05) is 0 Å². The Hall–Kier alpha value is -0.820. The first-order chi connectivity index (χ1) is 9.49. The van der Waals surface area contributed by atoms with Gasteiger partial charge in [-0.1, -0.05) is 0 Å². The number of hydrogen-bond acceptors (Lipinski definition) is 4. The Morgan fingerprint density at radius 1 is 0.762 bits per heavy atom. The Morgan fingerprint density at radius 3 is 1.38 bits per heavy atom. The largest absolute Gasteiger partial charge is 0.372 e. The molecule has 0 fully saturated rings. The van der Waals surface area contributed by atoms with E-state index in [9.17, 15) is 10.2 Å². The molecule has 2 atom stereocenters. The fourth-order valence-corrected chi connectivity index (χ4v) is 1.46. The fraction of sp³-hybridized carbons (Fsp3) is 0.867. The lowest BCUT2D eigenvalue weighted by Crippen LogP contribution is -2.36. The average molecular weight is 302 g/mol. The molecule has 0 amide bonds. The Bertz CT molecular complexity index is 298. The molecular weight excluding hydrogens is 268 g/mol. The molecule has 0 bridgehead atoms. The van der Waals surface area contributed by atoms with Gasteiger partial charge in [-0.2, -0.15) is 0 Å². The Balaban J connectivity index is 3.83. The molecule has 6 nitrogen and oxygen atoms in total. The predicted octanol–water partition coefficient (Wildman–Crippen LogP) is 0.348. The molecule has 6 heteroatoms. The zero-order chi connectivity index (χ0) is 16.5. The van der Waals surface area contributed by atoms with Gasteiger partial charge in [0.15, 0.2) is 0 Å². The first-order valence-electron chi connectivity index (χ1n) is 7.50. The highest BCUT2D eigenvalue weighted by Gasteiger charge is 2.07. The summed E-state index contributed by atoms with van der Waals surface area (Å²) in [5, 5.41) is 19.4. The topological polar surface area (TPSA) is 65.2 Å². The van der Waals surface area contributed by atoms with E-state index in [0.717, 1.165) is 22.1 Å². The first kappa shape index (κ1) is 20.2. The van der Waals surface area contributed by atoms with E-state index in [4.69, 9.17) is 0 Å². The number of rotatable bonds is 10. The van der Waals surface area contributed by atoms with Crippen LogP contribution in [0, 0.1) is 0 Å². The Kier molecular flexibility index (Phi) is 8.89. The van der Waals surface area contributed by atoms with E-state index < -0.39 is 12.5 Å². The molecule has 0 aromatic rings. The monoisotopic (exact) mass is 302 g/mol. The lowest BCUT2D eigenvalue weighted by Gasteiger charge is -2.21. The normalized spacial score (nSPS) is 16.8. The summed E-state index contributed by atoms with van der Waals surface area (Å²) in [7, 11) is 12.4. The minimum atomic E-state index is -0.682. The van der Waals surface area contributed by atoms with Crippen LogP contribution in [0.4, 0.5) is 0 Å². The van der Waals surface area contributed by atoms with E-state index in [1.54, 1.807) is 12.4 Å². The number of quaternary nitrogens is 2. The van der Waals surface area contributed by atoms with Crippen LogP contribution in [0.5, 0.6) is 0 Å². The molecule has 0 heterocycles. The van der Waals surface area contributed by atoms with Crippen LogP contribution in [0.15, 0.2) is 9.98 Å². The Morgan fingerprint density at radius 2 is 1.10 bits per heavy atom. The van der Waals surface area contributed by atoms with Crippen molar-refractivity contribution in [2.45, 2.75) is 31.7 Å². The highest BCUT2D eigenvalue weighted by molar-refractivity contribution is 5.58. The molecular formula is C15H34N4O2+2. The van der Waals surface area contributed by atoms with E-state index in [-0.39, 0.29) is 0 Å². The predicted molar refractivity (Wildman–Crippen MR) is 88.6 cm³/mol. The molecule has 0 aromatic heterocycles. The number of nitrogens with zero attached hydrogens (tertiary/aromatic N) is 4. The SMILES string of the molecule is C[N+](C)(C)C/C=N/C(O)CCCC(O)/N=C/C[N+](C)(C)C. The molecule has 2 unspecified atom stereocenters. The third-order valence-corrected chi connectivity index (χ3v) is 2.74. The van der Waals surface area contributed by atoms with Crippen molar-refractivity contribution in [1.29, 1.82) is 0 Å². The minimum Gasteiger partial charge on any atom is -0.372 e. The third kappa shape index (κ3) is 15.4. The van der Waals surface area contributed by atoms with Crippen molar-refractivity contribution >= 4 is 12.4 Å². The molecule has 0 rings (SSSR count). The van der Waals surface area contributed by atoms with Crippen LogP contribution in [0.3, 0.4) is 0 Å². The van der Waals surface area contributed by atoms with Gasteiger partial charge in [0.05, 0.1) is 54.7 Å². The quantitative estimate of drug-likeness (QED) is 0.452. The lowest BCUT2D eigenvalue weighted by atomic mass is 10.2. The van der Waals surface area contributed by atoms with Gasteiger partial charge in [0.2, 0.25) is 0 Å². The van der Waals surface area contributed by atoms with E-state index >= 15 is 0 Å². The zero-order valence-corrected chi connectivity index (χ0v) is 14.5. The molecule has 0 aliphatic heterocycles. The van der Waals surface area contributed by atoms with E-state index in [2.05, 4.69) is 52.3 Å². The summed E-state index contributed by atoms with van der Waals surface area (Å²) in [6, 6.07) is 0. The summed E-state index contributed by atoms with van der Waals surface area (Å²) in [5.74, 6) is 0. The van der Waals surface area contributed by atoms with Gasteiger partial charge in [0.25, 0.3) is 0 Å². The van der Waals surface area contributed by atoms with E-state index in [0.29, 0.717) is 19.3 Å². The number of aliphatic hydroxyl groups excluding tert-OH is 2. The second-order valence-corrected chi connectivity index (χ2v) is 7.50. The molecule has 0 aliphatic carbocycles. The second-order valence-electron chi connectivity index (χ2n) is 7.50. The summed E-state index contributed by atoms with van der Waals surface area (Å²) < 4.78 is 1.58. The van der Waals surface area contributed by atoms with Crippen molar-refractivity contribution in [2.24, 2.45) is 9.98 Å². The molecule has 0 saturated heterocycles. The maximum atomic E-state index is 9.71. The van der Waals surface area contributed by atoms with Gasteiger partial charge < -0.3 is 19.2 Å². The second kappa shape index (κ2) is 9.25. The molecule has 0 saturated carbocycles. The Labute approximate surface area is 129 Å². The lowest BCUT2D eigenvalue weighted by molar-refractivity contribution is -0.860. The number of aliphatic imine (C=N–C) groups is 2.